The molecule has 0 amide bonds. The monoisotopic (exact) mass is 344 g/mol. The lowest BCUT2D eigenvalue weighted by Gasteiger charge is -2.32. The van der Waals surface area contributed by atoms with Crippen LogP contribution in [0.5, 0.6) is 0 Å². The molecule has 4 nitrogen and oxygen atoms in total. The summed E-state index contributed by atoms with van der Waals surface area (Å²) in [5.41, 5.74) is 2.68. The molecule has 0 aliphatic carbocycles. The van der Waals surface area contributed by atoms with E-state index in [4.69, 9.17) is 0 Å². The van der Waals surface area contributed by atoms with Crippen LogP contribution in [0.3, 0.4) is 0 Å². The summed E-state index contributed by atoms with van der Waals surface area (Å²) in [5, 5.41) is 0. The highest BCUT2D eigenvalue weighted by Crippen LogP contribution is 2.26. The molecule has 5 heteroatoms. The summed E-state index contributed by atoms with van der Waals surface area (Å²) in [5.74, 6) is 0.421. The molecular formula is C19H24N2O2S. The van der Waals surface area contributed by atoms with Crippen LogP contribution in [0.1, 0.15) is 30.4 Å². The smallest absolute Gasteiger partial charge is 0.244 e. The zero-order valence-corrected chi connectivity index (χ0v) is 14.9. The van der Waals surface area contributed by atoms with Crippen LogP contribution in [-0.2, 0) is 16.4 Å². The second-order valence-corrected chi connectivity index (χ2v) is 8.46. The summed E-state index contributed by atoms with van der Waals surface area (Å²) in [7, 11) is -3.42. The molecular weight excluding hydrogens is 320 g/mol. The largest absolute Gasteiger partial charge is 0.263 e. The summed E-state index contributed by atoms with van der Waals surface area (Å²) in [6.07, 6.45) is 7.11. The van der Waals surface area contributed by atoms with Crippen molar-refractivity contribution in [3.8, 4) is 0 Å². The third-order valence-electron chi connectivity index (χ3n) is 4.84. The highest BCUT2D eigenvalue weighted by Gasteiger charge is 2.30. The van der Waals surface area contributed by atoms with Crippen LogP contribution in [0.15, 0.2) is 53.7 Å². The second-order valence-electron chi connectivity index (χ2n) is 6.53. The molecule has 1 aliphatic rings. The molecule has 2 aromatic rings. The van der Waals surface area contributed by atoms with Gasteiger partial charge in [-0.2, -0.15) is 4.31 Å². The molecule has 1 aliphatic heterocycles. The van der Waals surface area contributed by atoms with Gasteiger partial charge in [-0.1, -0.05) is 24.3 Å². The van der Waals surface area contributed by atoms with Gasteiger partial charge in [0, 0.05) is 25.5 Å². The van der Waals surface area contributed by atoms with E-state index < -0.39 is 10.0 Å². The Hall–Kier alpha value is -1.72. The Kier molecular flexibility index (Phi) is 5.31. The van der Waals surface area contributed by atoms with Gasteiger partial charge in [0.05, 0.1) is 0 Å². The van der Waals surface area contributed by atoms with Crippen LogP contribution in [-0.4, -0.2) is 30.8 Å². The fourth-order valence-corrected chi connectivity index (χ4v) is 4.90. The average Bonchev–Trinajstić information content (AvgIpc) is 2.62. The Balaban J connectivity index is 1.65. The standard InChI is InChI=1S/C19H24N2O2S/c1-16-6-2-3-8-18(16)11-10-17-7-5-13-21(15-17)24(22,23)19-9-4-12-20-14-19/h2-4,6,8-9,12,14,17H,5,7,10-11,13,15H2,1H3/t17-/m0/s1. The van der Waals surface area contributed by atoms with E-state index in [-0.39, 0.29) is 0 Å². The van der Waals surface area contributed by atoms with E-state index in [0.29, 0.717) is 23.9 Å². The highest BCUT2D eigenvalue weighted by atomic mass is 32.2. The summed E-state index contributed by atoms with van der Waals surface area (Å²) in [4.78, 5) is 4.24. The van der Waals surface area contributed by atoms with E-state index in [2.05, 4.69) is 36.2 Å². The molecule has 3 rings (SSSR count). The number of rotatable bonds is 5. The number of aryl methyl sites for hydroxylation is 2. The third kappa shape index (κ3) is 3.84. The molecule has 1 aromatic heterocycles. The van der Waals surface area contributed by atoms with Gasteiger partial charge in [0.25, 0.3) is 0 Å². The number of pyridine rings is 1. The van der Waals surface area contributed by atoms with Crippen LogP contribution in [0.25, 0.3) is 0 Å². The highest BCUT2D eigenvalue weighted by molar-refractivity contribution is 7.89. The van der Waals surface area contributed by atoms with Crippen molar-refractivity contribution in [2.24, 2.45) is 5.92 Å². The molecule has 2 heterocycles. The van der Waals surface area contributed by atoms with Crippen molar-refractivity contribution < 1.29 is 8.42 Å². The Bertz CT molecular complexity index is 775. The molecule has 0 radical (unpaired) electrons. The topological polar surface area (TPSA) is 50.3 Å². The number of piperidine rings is 1. The summed E-state index contributed by atoms with van der Waals surface area (Å²) >= 11 is 0. The van der Waals surface area contributed by atoms with Crippen molar-refractivity contribution in [1.29, 1.82) is 0 Å². The minimum absolute atomic E-state index is 0.296. The lowest BCUT2D eigenvalue weighted by molar-refractivity contribution is 0.256. The Labute approximate surface area is 144 Å². The summed E-state index contributed by atoms with van der Waals surface area (Å²) in [6.45, 7) is 3.36. The van der Waals surface area contributed by atoms with Gasteiger partial charge in [-0.25, -0.2) is 8.42 Å². The van der Waals surface area contributed by atoms with Gasteiger partial charge < -0.3 is 0 Å². The molecule has 0 bridgehead atoms. The zero-order chi connectivity index (χ0) is 17.0. The van der Waals surface area contributed by atoms with E-state index >= 15 is 0 Å². The van der Waals surface area contributed by atoms with Crippen molar-refractivity contribution in [3.05, 3.63) is 59.9 Å². The third-order valence-corrected chi connectivity index (χ3v) is 6.69. The van der Waals surface area contributed by atoms with Gasteiger partial charge in [0.15, 0.2) is 0 Å². The number of sulfonamides is 1. The quantitative estimate of drug-likeness (QED) is 0.835. The SMILES string of the molecule is Cc1ccccc1CC[C@@H]1CCCN(S(=O)(=O)c2cccnc2)C1. The van der Waals surface area contributed by atoms with Gasteiger partial charge in [-0.05, 0) is 61.8 Å². The molecule has 128 valence electrons. The number of hydrogen-bond acceptors (Lipinski definition) is 3. The molecule has 0 unspecified atom stereocenters. The predicted molar refractivity (Wildman–Crippen MR) is 95.2 cm³/mol. The Morgan fingerprint density at radius 3 is 2.79 bits per heavy atom. The van der Waals surface area contributed by atoms with Crippen LogP contribution < -0.4 is 0 Å². The van der Waals surface area contributed by atoms with Crippen LogP contribution in [0.4, 0.5) is 0 Å². The summed E-state index contributed by atoms with van der Waals surface area (Å²) < 4.78 is 27.1. The lowest BCUT2D eigenvalue weighted by Crippen LogP contribution is -2.40. The molecule has 1 saturated heterocycles. The fraction of sp³-hybridized carbons (Fsp3) is 0.421. The molecule has 1 atom stereocenters. The van der Waals surface area contributed by atoms with Crippen LogP contribution in [0.2, 0.25) is 0 Å². The van der Waals surface area contributed by atoms with E-state index in [1.54, 1.807) is 22.6 Å². The van der Waals surface area contributed by atoms with Crippen LogP contribution >= 0.6 is 0 Å². The predicted octanol–water partition coefficient (Wildman–Crippen LogP) is 3.42. The zero-order valence-electron chi connectivity index (χ0n) is 14.1. The van der Waals surface area contributed by atoms with Gasteiger partial charge in [-0.3, -0.25) is 4.98 Å². The molecule has 0 spiro atoms. The first-order valence-corrected chi connectivity index (χ1v) is 9.96. The van der Waals surface area contributed by atoms with E-state index in [1.165, 1.54) is 17.3 Å². The molecule has 24 heavy (non-hydrogen) atoms. The van der Waals surface area contributed by atoms with E-state index in [9.17, 15) is 8.42 Å². The first-order chi connectivity index (χ1) is 11.6. The van der Waals surface area contributed by atoms with Gasteiger partial charge in [-0.15, -0.1) is 0 Å². The Morgan fingerprint density at radius 1 is 1.21 bits per heavy atom. The maximum Gasteiger partial charge on any atom is 0.244 e. The minimum Gasteiger partial charge on any atom is -0.263 e. The molecule has 1 aromatic carbocycles. The van der Waals surface area contributed by atoms with E-state index in [1.807, 2.05) is 0 Å². The van der Waals surface area contributed by atoms with Gasteiger partial charge in [0.1, 0.15) is 4.90 Å². The van der Waals surface area contributed by atoms with Crippen molar-refractivity contribution in [3.63, 3.8) is 0 Å². The molecule has 1 fully saturated rings. The van der Waals surface area contributed by atoms with Gasteiger partial charge in [0.2, 0.25) is 10.0 Å². The number of aromatic nitrogens is 1. The molecule has 0 saturated carbocycles. The summed E-state index contributed by atoms with van der Waals surface area (Å²) in [6, 6.07) is 11.7. The number of nitrogens with zero attached hydrogens (tertiary/aromatic N) is 2. The number of hydrogen-bond donors (Lipinski definition) is 0. The van der Waals surface area contributed by atoms with E-state index in [0.717, 1.165) is 25.7 Å². The average molecular weight is 344 g/mol. The van der Waals surface area contributed by atoms with Crippen molar-refractivity contribution >= 4 is 10.0 Å². The Morgan fingerprint density at radius 2 is 2.04 bits per heavy atom. The van der Waals surface area contributed by atoms with Crippen molar-refractivity contribution in [2.75, 3.05) is 13.1 Å². The molecule has 0 N–H and O–H groups in total. The number of benzene rings is 1. The maximum absolute atomic E-state index is 12.7. The minimum atomic E-state index is -3.42. The normalized spacial score (nSPS) is 19.3. The lowest BCUT2D eigenvalue weighted by atomic mass is 9.91. The van der Waals surface area contributed by atoms with Gasteiger partial charge >= 0.3 is 0 Å². The van der Waals surface area contributed by atoms with Crippen molar-refractivity contribution in [2.45, 2.75) is 37.5 Å². The maximum atomic E-state index is 12.7. The first-order valence-electron chi connectivity index (χ1n) is 8.52. The first kappa shape index (κ1) is 17.1. The van der Waals surface area contributed by atoms with Crippen LogP contribution in [0, 0.1) is 12.8 Å². The second kappa shape index (κ2) is 7.45. The van der Waals surface area contributed by atoms with Crippen molar-refractivity contribution in [1.82, 2.24) is 9.29 Å². The fourth-order valence-electron chi connectivity index (χ4n) is 3.38.